The lowest BCUT2D eigenvalue weighted by Crippen LogP contribution is -2.20. The Bertz CT molecular complexity index is 893. The molecule has 1 heterocycles. The third-order valence-corrected chi connectivity index (χ3v) is 4.67. The van der Waals surface area contributed by atoms with E-state index in [1.54, 1.807) is 29.5 Å². The van der Waals surface area contributed by atoms with E-state index in [1.807, 2.05) is 60.8 Å². The Morgan fingerprint density at radius 2 is 1.70 bits per heavy atom. The summed E-state index contributed by atoms with van der Waals surface area (Å²) in [5.41, 5.74) is 3.78. The molecule has 0 spiro atoms. The molecule has 0 saturated carbocycles. The molecule has 0 radical (unpaired) electrons. The molecule has 0 aliphatic heterocycles. The van der Waals surface area contributed by atoms with E-state index in [4.69, 9.17) is 9.47 Å². The number of hydrogen-bond donors (Lipinski definition) is 1. The number of ether oxygens (including phenoxy) is 2. The van der Waals surface area contributed by atoms with E-state index in [-0.39, 0.29) is 5.91 Å². The second-order valence-corrected chi connectivity index (χ2v) is 6.57. The molecule has 6 heteroatoms. The van der Waals surface area contributed by atoms with E-state index >= 15 is 0 Å². The van der Waals surface area contributed by atoms with Crippen LogP contribution in [0.4, 0.5) is 0 Å². The molecular weight excluding hydrogens is 360 g/mol. The van der Waals surface area contributed by atoms with Gasteiger partial charge in [0.2, 0.25) is 0 Å². The van der Waals surface area contributed by atoms with Gasteiger partial charge in [-0.2, -0.15) is 5.10 Å². The Balaban J connectivity index is 1.56. The maximum Gasteiger partial charge on any atom is 0.275 e. The van der Waals surface area contributed by atoms with Gasteiger partial charge in [-0.05, 0) is 42.6 Å². The fourth-order valence-electron chi connectivity index (χ4n) is 2.34. The number of amides is 1. The first-order valence-corrected chi connectivity index (χ1v) is 9.40. The fourth-order valence-corrected chi connectivity index (χ4v) is 3.02. The van der Waals surface area contributed by atoms with Crippen molar-refractivity contribution in [2.24, 2.45) is 5.10 Å². The number of nitrogens with zero attached hydrogens (tertiary/aromatic N) is 1. The average Bonchev–Trinajstić information content (AvgIpc) is 3.25. The van der Waals surface area contributed by atoms with Gasteiger partial charge in [0.05, 0.1) is 11.3 Å². The van der Waals surface area contributed by atoms with Crippen molar-refractivity contribution in [3.63, 3.8) is 0 Å². The van der Waals surface area contributed by atoms with Gasteiger partial charge >= 0.3 is 0 Å². The van der Waals surface area contributed by atoms with Crippen molar-refractivity contribution < 1.29 is 14.3 Å². The van der Waals surface area contributed by atoms with Crippen LogP contribution in [-0.4, -0.2) is 24.8 Å². The Morgan fingerprint density at radius 1 is 0.963 bits per heavy atom. The summed E-state index contributed by atoms with van der Waals surface area (Å²) in [6, 6.07) is 20.5. The van der Waals surface area contributed by atoms with Gasteiger partial charge in [-0.25, -0.2) is 5.43 Å². The van der Waals surface area contributed by atoms with E-state index in [9.17, 15) is 4.79 Å². The minimum absolute atomic E-state index is 0.314. The third kappa shape index (κ3) is 5.43. The number of carbonyl (C=O) groups is 1. The van der Waals surface area contributed by atoms with Crippen LogP contribution in [0.5, 0.6) is 11.5 Å². The van der Waals surface area contributed by atoms with Crippen LogP contribution < -0.4 is 14.9 Å². The van der Waals surface area contributed by atoms with Crippen LogP contribution in [0, 0.1) is 0 Å². The van der Waals surface area contributed by atoms with E-state index in [0.717, 1.165) is 16.3 Å². The van der Waals surface area contributed by atoms with E-state index in [0.29, 0.717) is 24.5 Å². The number of rotatable bonds is 8. The molecule has 0 atom stereocenters. The third-order valence-electron chi connectivity index (χ3n) is 3.69. The highest BCUT2D eigenvalue weighted by Crippen LogP contribution is 2.18. The summed E-state index contributed by atoms with van der Waals surface area (Å²) in [6.45, 7) is 2.57. The number of hydrazone groups is 1. The predicted octanol–water partition coefficient (Wildman–Crippen LogP) is 4.36. The first-order valence-electron chi connectivity index (χ1n) is 8.52. The van der Waals surface area contributed by atoms with Crippen LogP contribution in [0.25, 0.3) is 0 Å². The van der Waals surface area contributed by atoms with Gasteiger partial charge in [0.25, 0.3) is 5.91 Å². The quantitative estimate of drug-likeness (QED) is 0.359. The number of carbonyl (C=O) groups excluding carboxylic acids is 1. The van der Waals surface area contributed by atoms with Crippen LogP contribution in [0.2, 0.25) is 0 Å². The zero-order valence-electron chi connectivity index (χ0n) is 14.9. The molecule has 0 unspecified atom stereocenters. The molecular formula is C21H20N2O3S. The summed E-state index contributed by atoms with van der Waals surface area (Å²) in [5.74, 6) is 0.964. The van der Waals surface area contributed by atoms with Crippen molar-refractivity contribution in [3.05, 3.63) is 82.6 Å². The van der Waals surface area contributed by atoms with Crippen molar-refractivity contribution >= 4 is 23.0 Å². The SMILES string of the molecule is C/C(=N\NC(=O)c1ccccc1OCCOc1ccccc1)c1cccs1. The van der Waals surface area contributed by atoms with Crippen LogP contribution in [0.15, 0.2) is 77.2 Å². The summed E-state index contributed by atoms with van der Waals surface area (Å²) in [5, 5.41) is 6.14. The Morgan fingerprint density at radius 3 is 2.48 bits per heavy atom. The van der Waals surface area contributed by atoms with Gasteiger partial charge in [-0.3, -0.25) is 4.79 Å². The zero-order valence-corrected chi connectivity index (χ0v) is 15.7. The van der Waals surface area contributed by atoms with Crippen molar-refractivity contribution in [1.29, 1.82) is 0 Å². The van der Waals surface area contributed by atoms with Crippen molar-refractivity contribution in [2.45, 2.75) is 6.92 Å². The number of nitrogens with one attached hydrogen (secondary N) is 1. The fraction of sp³-hybridized carbons (Fsp3) is 0.143. The van der Waals surface area contributed by atoms with Crippen LogP contribution in [-0.2, 0) is 0 Å². The molecule has 0 saturated heterocycles. The first-order chi connectivity index (χ1) is 13.2. The highest BCUT2D eigenvalue weighted by atomic mass is 32.1. The van der Waals surface area contributed by atoms with Crippen LogP contribution in [0.3, 0.4) is 0 Å². The highest BCUT2D eigenvalue weighted by molar-refractivity contribution is 7.12. The van der Waals surface area contributed by atoms with Gasteiger partial charge in [0.15, 0.2) is 0 Å². The molecule has 3 rings (SSSR count). The van der Waals surface area contributed by atoms with Crippen molar-refractivity contribution in [1.82, 2.24) is 5.43 Å². The Labute approximate surface area is 162 Å². The smallest absolute Gasteiger partial charge is 0.275 e. The second kappa shape index (κ2) is 9.54. The number of thiophene rings is 1. The van der Waals surface area contributed by atoms with Crippen molar-refractivity contribution in [2.75, 3.05) is 13.2 Å². The molecule has 1 aromatic heterocycles. The maximum absolute atomic E-state index is 12.5. The molecule has 5 nitrogen and oxygen atoms in total. The van der Waals surface area contributed by atoms with Gasteiger partial charge in [-0.15, -0.1) is 11.3 Å². The molecule has 3 aromatic rings. The van der Waals surface area contributed by atoms with E-state index in [1.165, 1.54) is 0 Å². The van der Waals surface area contributed by atoms with E-state index in [2.05, 4.69) is 10.5 Å². The lowest BCUT2D eigenvalue weighted by molar-refractivity contribution is 0.0949. The normalized spacial score (nSPS) is 11.1. The lowest BCUT2D eigenvalue weighted by atomic mass is 10.2. The molecule has 27 heavy (non-hydrogen) atoms. The first kappa shape index (κ1) is 18.7. The van der Waals surface area contributed by atoms with Crippen LogP contribution >= 0.6 is 11.3 Å². The van der Waals surface area contributed by atoms with Gasteiger partial charge < -0.3 is 9.47 Å². The molecule has 1 N–H and O–H groups in total. The molecule has 0 fully saturated rings. The minimum Gasteiger partial charge on any atom is -0.490 e. The standard InChI is InChI=1S/C21H20N2O3S/c1-16(20-12-7-15-27-20)22-23-21(24)18-10-5-6-11-19(18)26-14-13-25-17-8-3-2-4-9-17/h2-12,15H,13-14H2,1H3,(H,23,24)/b22-16+. The molecule has 1 amide bonds. The topological polar surface area (TPSA) is 59.9 Å². The number of benzene rings is 2. The molecule has 0 bridgehead atoms. The molecule has 0 aliphatic carbocycles. The summed E-state index contributed by atoms with van der Waals surface area (Å²) in [4.78, 5) is 13.5. The average molecular weight is 380 g/mol. The summed E-state index contributed by atoms with van der Waals surface area (Å²) in [7, 11) is 0. The number of hydrogen-bond acceptors (Lipinski definition) is 5. The van der Waals surface area contributed by atoms with Crippen LogP contribution in [0.1, 0.15) is 22.2 Å². The largest absolute Gasteiger partial charge is 0.490 e. The summed E-state index contributed by atoms with van der Waals surface area (Å²) in [6.07, 6.45) is 0. The summed E-state index contributed by atoms with van der Waals surface area (Å²) < 4.78 is 11.3. The van der Waals surface area contributed by atoms with Gasteiger partial charge in [0, 0.05) is 4.88 Å². The molecule has 138 valence electrons. The zero-order chi connectivity index (χ0) is 18.9. The second-order valence-electron chi connectivity index (χ2n) is 5.62. The minimum atomic E-state index is -0.314. The van der Waals surface area contributed by atoms with E-state index < -0.39 is 0 Å². The summed E-state index contributed by atoms with van der Waals surface area (Å²) >= 11 is 1.57. The highest BCUT2D eigenvalue weighted by Gasteiger charge is 2.12. The predicted molar refractivity (Wildman–Crippen MR) is 108 cm³/mol. The Hall–Kier alpha value is -3.12. The van der Waals surface area contributed by atoms with Gasteiger partial charge in [0.1, 0.15) is 24.7 Å². The molecule has 0 aliphatic rings. The lowest BCUT2D eigenvalue weighted by Gasteiger charge is -2.11. The molecule has 2 aromatic carbocycles. The monoisotopic (exact) mass is 380 g/mol. The Kier molecular flexibility index (Phi) is 6.60. The van der Waals surface area contributed by atoms with Gasteiger partial charge in [-0.1, -0.05) is 36.4 Å². The maximum atomic E-state index is 12.5. The van der Waals surface area contributed by atoms with Crippen molar-refractivity contribution in [3.8, 4) is 11.5 Å². The number of para-hydroxylation sites is 2.